The normalized spacial score (nSPS) is 19.5. The predicted molar refractivity (Wildman–Crippen MR) is 137 cm³/mol. The Morgan fingerprint density at radius 1 is 0.727 bits per heavy atom. The summed E-state index contributed by atoms with van der Waals surface area (Å²) in [4.78, 5) is 24.5. The van der Waals surface area contributed by atoms with Gasteiger partial charge in [-0.3, -0.25) is 9.59 Å². The standard InChI is InChI=1S/C29H54O4/c1-4-5-6-7-8-9-10-11-12-15-20-25(21-16-13-14-19-24(2)3)33-29(32)27-23-18-17-22-26(27)28(30)31/h24-27H,4-23H2,1-3H3,(H,30,31). The average Bonchev–Trinajstić information content (AvgIpc) is 2.79. The summed E-state index contributed by atoms with van der Waals surface area (Å²) >= 11 is 0. The van der Waals surface area contributed by atoms with Crippen LogP contribution in [0.2, 0.25) is 0 Å². The maximum Gasteiger partial charge on any atom is 0.310 e. The van der Waals surface area contributed by atoms with E-state index in [9.17, 15) is 14.7 Å². The lowest BCUT2D eigenvalue weighted by Crippen LogP contribution is -2.35. The highest BCUT2D eigenvalue weighted by Gasteiger charge is 2.37. The Morgan fingerprint density at radius 3 is 1.70 bits per heavy atom. The largest absolute Gasteiger partial charge is 0.481 e. The number of carbonyl (C=O) groups excluding carboxylic acids is 1. The number of ether oxygens (including phenoxy) is 1. The summed E-state index contributed by atoms with van der Waals surface area (Å²) in [5.41, 5.74) is 0. The fourth-order valence-corrected chi connectivity index (χ4v) is 5.18. The molecular weight excluding hydrogens is 412 g/mol. The van der Waals surface area contributed by atoms with Crippen molar-refractivity contribution in [3.63, 3.8) is 0 Å². The zero-order valence-corrected chi connectivity index (χ0v) is 22.1. The van der Waals surface area contributed by atoms with E-state index in [2.05, 4.69) is 20.8 Å². The Kier molecular flexibility index (Phi) is 17.5. The molecule has 0 radical (unpaired) electrons. The van der Waals surface area contributed by atoms with E-state index in [1.165, 1.54) is 77.0 Å². The molecule has 1 saturated carbocycles. The lowest BCUT2D eigenvalue weighted by Gasteiger charge is -2.29. The summed E-state index contributed by atoms with van der Waals surface area (Å²) in [6, 6.07) is 0. The second kappa shape index (κ2) is 19.3. The maximum absolute atomic E-state index is 12.9. The van der Waals surface area contributed by atoms with Crippen molar-refractivity contribution >= 4 is 11.9 Å². The number of hydrogen-bond acceptors (Lipinski definition) is 3. The first-order valence-electron chi connectivity index (χ1n) is 14.4. The van der Waals surface area contributed by atoms with Gasteiger partial charge in [0.1, 0.15) is 6.10 Å². The molecule has 1 fully saturated rings. The number of hydrogen-bond donors (Lipinski definition) is 1. The van der Waals surface area contributed by atoms with Crippen molar-refractivity contribution in [2.75, 3.05) is 0 Å². The van der Waals surface area contributed by atoms with Gasteiger partial charge in [0, 0.05) is 0 Å². The minimum Gasteiger partial charge on any atom is -0.481 e. The van der Waals surface area contributed by atoms with Crippen molar-refractivity contribution < 1.29 is 19.4 Å². The van der Waals surface area contributed by atoms with Gasteiger partial charge in [0.05, 0.1) is 11.8 Å². The highest BCUT2D eigenvalue weighted by Crippen LogP contribution is 2.32. The van der Waals surface area contributed by atoms with E-state index >= 15 is 0 Å². The summed E-state index contributed by atoms with van der Waals surface area (Å²) in [6.07, 6.45) is 22.7. The van der Waals surface area contributed by atoms with Crippen LogP contribution in [0.5, 0.6) is 0 Å². The van der Waals surface area contributed by atoms with Crippen LogP contribution in [-0.2, 0) is 14.3 Å². The lowest BCUT2D eigenvalue weighted by atomic mass is 9.79. The van der Waals surface area contributed by atoms with Crippen LogP contribution in [-0.4, -0.2) is 23.1 Å². The second-order valence-corrected chi connectivity index (χ2v) is 10.9. The number of carboxylic acids is 1. The molecule has 1 rings (SSSR count). The zero-order valence-electron chi connectivity index (χ0n) is 22.1. The maximum atomic E-state index is 12.9. The fraction of sp³-hybridized carbons (Fsp3) is 0.931. The van der Waals surface area contributed by atoms with Gasteiger partial charge in [-0.05, 0) is 44.4 Å². The molecule has 4 heteroatoms. The Hall–Kier alpha value is -1.06. The van der Waals surface area contributed by atoms with E-state index in [1.54, 1.807) is 0 Å². The van der Waals surface area contributed by atoms with E-state index in [0.29, 0.717) is 12.8 Å². The van der Waals surface area contributed by atoms with E-state index in [0.717, 1.165) is 44.4 Å². The Bertz CT molecular complexity index is 502. The molecule has 1 aliphatic carbocycles. The highest BCUT2D eigenvalue weighted by molar-refractivity contribution is 5.81. The van der Waals surface area contributed by atoms with Crippen molar-refractivity contribution in [1.29, 1.82) is 0 Å². The first kappa shape index (κ1) is 30.0. The topological polar surface area (TPSA) is 63.6 Å². The summed E-state index contributed by atoms with van der Waals surface area (Å²) in [5.74, 6) is -1.36. The molecule has 0 aromatic carbocycles. The van der Waals surface area contributed by atoms with Gasteiger partial charge in [0.2, 0.25) is 0 Å². The van der Waals surface area contributed by atoms with Crippen LogP contribution in [0.3, 0.4) is 0 Å². The summed E-state index contributed by atoms with van der Waals surface area (Å²) in [7, 11) is 0. The van der Waals surface area contributed by atoms with Gasteiger partial charge in [-0.15, -0.1) is 0 Å². The van der Waals surface area contributed by atoms with Crippen LogP contribution >= 0.6 is 0 Å². The fourth-order valence-electron chi connectivity index (χ4n) is 5.18. The molecule has 0 heterocycles. The average molecular weight is 467 g/mol. The zero-order chi connectivity index (χ0) is 24.3. The second-order valence-electron chi connectivity index (χ2n) is 10.9. The molecular formula is C29H54O4. The van der Waals surface area contributed by atoms with Crippen LogP contribution in [0.15, 0.2) is 0 Å². The first-order valence-corrected chi connectivity index (χ1v) is 14.4. The molecule has 0 bridgehead atoms. The van der Waals surface area contributed by atoms with Gasteiger partial charge < -0.3 is 9.84 Å². The quantitative estimate of drug-likeness (QED) is 0.144. The third-order valence-electron chi connectivity index (χ3n) is 7.36. The minimum atomic E-state index is -0.837. The highest BCUT2D eigenvalue weighted by atomic mass is 16.5. The van der Waals surface area contributed by atoms with Gasteiger partial charge in [0.25, 0.3) is 0 Å². The van der Waals surface area contributed by atoms with Gasteiger partial charge in [-0.2, -0.15) is 0 Å². The molecule has 1 aliphatic rings. The molecule has 194 valence electrons. The van der Waals surface area contributed by atoms with Crippen molar-refractivity contribution in [2.24, 2.45) is 17.8 Å². The van der Waals surface area contributed by atoms with Crippen molar-refractivity contribution in [3.8, 4) is 0 Å². The number of carbonyl (C=O) groups is 2. The molecule has 0 amide bonds. The van der Waals surface area contributed by atoms with E-state index in [1.807, 2.05) is 0 Å². The SMILES string of the molecule is CCCCCCCCCCCCC(CCCCCC(C)C)OC(=O)C1CCCCC1C(=O)O. The van der Waals surface area contributed by atoms with Gasteiger partial charge in [0.15, 0.2) is 0 Å². The van der Waals surface area contributed by atoms with Gasteiger partial charge in [-0.1, -0.05) is 111 Å². The van der Waals surface area contributed by atoms with Gasteiger partial charge in [-0.25, -0.2) is 0 Å². The Balaban J connectivity index is 2.38. The number of carboxylic acid groups (broad SMARTS) is 1. The first-order chi connectivity index (χ1) is 16.0. The molecule has 0 aromatic heterocycles. The van der Waals surface area contributed by atoms with E-state index in [-0.39, 0.29) is 12.1 Å². The molecule has 3 atom stereocenters. The van der Waals surface area contributed by atoms with Gasteiger partial charge >= 0.3 is 11.9 Å². The summed E-state index contributed by atoms with van der Waals surface area (Å²) < 4.78 is 5.98. The molecule has 0 aliphatic heterocycles. The Morgan fingerprint density at radius 2 is 1.18 bits per heavy atom. The smallest absolute Gasteiger partial charge is 0.310 e. The van der Waals surface area contributed by atoms with E-state index in [4.69, 9.17) is 4.74 Å². The van der Waals surface area contributed by atoms with Crippen molar-refractivity contribution in [2.45, 2.75) is 155 Å². The van der Waals surface area contributed by atoms with Crippen LogP contribution in [0, 0.1) is 17.8 Å². The number of rotatable bonds is 20. The third kappa shape index (κ3) is 14.7. The van der Waals surface area contributed by atoms with Crippen molar-refractivity contribution in [3.05, 3.63) is 0 Å². The van der Waals surface area contributed by atoms with Crippen molar-refractivity contribution in [1.82, 2.24) is 0 Å². The molecule has 0 saturated heterocycles. The predicted octanol–water partition coefficient (Wildman–Crippen LogP) is 8.71. The van der Waals surface area contributed by atoms with E-state index < -0.39 is 17.8 Å². The summed E-state index contributed by atoms with van der Waals surface area (Å²) in [6.45, 7) is 6.79. The number of esters is 1. The minimum absolute atomic E-state index is 0.0398. The number of unbranched alkanes of at least 4 members (excludes halogenated alkanes) is 11. The Labute approximate surface area is 204 Å². The van der Waals surface area contributed by atoms with Crippen LogP contribution in [0.4, 0.5) is 0 Å². The van der Waals surface area contributed by atoms with Crippen LogP contribution in [0.25, 0.3) is 0 Å². The molecule has 1 N–H and O–H groups in total. The number of aliphatic carboxylic acids is 1. The third-order valence-corrected chi connectivity index (χ3v) is 7.36. The van der Waals surface area contributed by atoms with Crippen LogP contribution < -0.4 is 0 Å². The molecule has 3 unspecified atom stereocenters. The molecule has 0 aromatic rings. The molecule has 4 nitrogen and oxygen atoms in total. The lowest BCUT2D eigenvalue weighted by molar-refractivity contribution is -0.164. The van der Waals surface area contributed by atoms with Crippen LogP contribution in [0.1, 0.15) is 149 Å². The monoisotopic (exact) mass is 466 g/mol. The molecule has 0 spiro atoms. The summed E-state index contributed by atoms with van der Waals surface area (Å²) in [5, 5.41) is 9.53. The molecule has 33 heavy (non-hydrogen) atoms.